The summed E-state index contributed by atoms with van der Waals surface area (Å²) < 4.78 is 6.70. The average Bonchev–Trinajstić information content (AvgIpc) is 2.88. The zero-order valence-electron chi connectivity index (χ0n) is 12.1. The highest BCUT2D eigenvalue weighted by Gasteiger charge is 2.29. The molecule has 112 valence electrons. The fourth-order valence-corrected chi connectivity index (χ4v) is 2.64. The van der Waals surface area contributed by atoms with Gasteiger partial charge in [-0.2, -0.15) is 0 Å². The number of carbonyl (C=O) groups excluding carboxylic acids is 1. The molecule has 1 saturated heterocycles. The van der Waals surface area contributed by atoms with Gasteiger partial charge in [-0.25, -0.2) is 9.50 Å². The molecule has 0 radical (unpaired) electrons. The van der Waals surface area contributed by atoms with Gasteiger partial charge in [0, 0.05) is 24.5 Å². The molecule has 0 bridgehead atoms. The van der Waals surface area contributed by atoms with Crippen molar-refractivity contribution in [2.24, 2.45) is 0 Å². The van der Waals surface area contributed by atoms with Gasteiger partial charge < -0.3 is 9.64 Å². The van der Waals surface area contributed by atoms with Gasteiger partial charge in [0.2, 0.25) is 0 Å². The third-order valence-corrected chi connectivity index (χ3v) is 3.81. The number of rotatable bonds is 2. The Morgan fingerprint density at radius 2 is 2.38 bits per heavy atom. The molecule has 0 spiro atoms. The molecule has 0 aliphatic carbocycles. The standard InChI is InChI=1S/C14H18N4O3/c1-3-10-8-21-5-4-17(10)13(19)11-7-15-12-6-9(2)16-18(12)14(11)20/h6-7,10,16H,3-5,8H2,1-2H3/t10-/m0/s1. The highest BCUT2D eigenvalue weighted by molar-refractivity contribution is 5.94. The lowest BCUT2D eigenvalue weighted by Gasteiger charge is -2.34. The molecule has 2 aromatic rings. The Labute approximate surface area is 121 Å². The summed E-state index contributed by atoms with van der Waals surface area (Å²) in [7, 11) is 0. The van der Waals surface area contributed by atoms with E-state index in [1.165, 1.54) is 10.7 Å². The molecule has 1 amide bonds. The lowest BCUT2D eigenvalue weighted by Crippen LogP contribution is -2.49. The molecule has 1 aliphatic rings. The van der Waals surface area contributed by atoms with Crippen molar-refractivity contribution in [3.05, 3.63) is 33.9 Å². The van der Waals surface area contributed by atoms with Crippen molar-refractivity contribution in [2.75, 3.05) is 19.8 Å². The number of hydrogen-bond acceptors (Lipinski definition) is 4. The maximum atomic E-state index is 12.6. The van der Waals surface area contributed by atoms with Gasteiger partial charge in [-0.1, -0.05) is 6.92 Å². The van der Waals surface area contributed by atoms with E-state index >= 15 is 0 Å². The van der Waals surface area contributed by atoms with Crippen LogP contribution in [0.1, 0.15) is 29.4 Å². The van der Waals surface area contributed by atoms with E-state index in [2.05, 4.69) is 10.1 Å². The van der Waals surface area contributed by atoms with Crippen LogP contribution in [0.25, 0.3) is 5.65 Å². The summed E-state index contributed by atoms with van der Waals surface area (Å²) in [4.78, 5) is 31.0. The van der Waals surface area contributed by atoms with Crippen LogP contribution in [0.3, 0.4) is 0 Å². The average molecular weight is 290 g/mol. The number of H-pyrrole nitrogens is 1. The van der Waals surface area contributed by atoms with Crippen LogP contribution in [-0.4, -0.2) is 51.2 Å². The maximum Gasteiger partial charge on any atom is 0.285 e. The monoisotopic (exact) mass is 290 g/mol. The van der Waals surface area contributed by atoms with Crippen molar-refractivity contribution in [3.8, 4) is 0 Å². The second-order valence-corrected chi connectivity index (χ2v) is 5.25. The summed E-state index contributed by atoms with van der Waals surface area (Å²) in [6, 6.07) is 1.77. The first-order valence-electron chi connectivity index (χ1n) is 7.08. The van der Waals surface area contributed by atoms with E-state index in [9.17, 15) is 9.59 Å². The largest absolute Gasteiger partial charge is 0.377 e. The quantitative estimate of drug-likeness (QED) is 0.877. The first-order chi connectivity index (χ1) is 10.1. The van der Waals surface area contributed by atoms with Crippen molar-refractivity contribution in [1.29, 1.82) is 0 Å². The number of ether oxygens (including phenoxy) is 1. The highest BCUT2D eigenvalue weighted by Crippen LogP contribution is 2.13. The van der Waals surface area contributed by atoms with Crippen molar-refractivity contribution >= 4 is 11.6 Å². The first-order valence-corrected chi connectivity index (χ1v) is 7.08. The van der Waals surface area contributed by atoms with Crippen LogP contribution in [-0.2, 0) is 4.74 Å². The van der Waals surface area contributed by atoms with Gasteiger partial charge in [0.15, 0.2) is 5.65 Å². The summed E-state index contributed by atoms with van der Waals surface area (Å²) in [5.74, 6) is -0.274. The molecule has 0 aromatic carbocycles. The van der Waals surface area contributed by atoms with Gasteiger partial charge in [-0.15, -0.1) is 0 Å². The smallest absolute Gasteiger partial charge is 0.285 e. The first kappa shape index (κ1) is 13.8. The lowest BCUT2D eigenvalue weighted by atomic mass is 10.1. The van der Waals surface area contributed by atoms with Crippen LogP contribution in [0.5, 0.6) is 0 Å². The molecular weight excluding hydrogens is 272 g/mol. The topological polar surface area (TPSA) is 79.7 Å². The molecule has 7 nitrogen and oxygen atoms in total. The number of morpholine rings is 1. The predicted octanol–water partition coefficient (Wildman–Crippen LogP) is 0.582. The fourth-order valence-electron chi connectivity index (χ4n) is 2.64. The van der Waals surface area contributed by atoms with Gasteiger partial charge in [0.05, 0.1) is 19.3 Å². The van der Waals surface area contributed by atoms with E-state index in [1.807, 2.05) is 13.8 Å². The summed E-state index contributed by atoms with van der Waals surface area (Å²) in [6.45, 7) is 5.36. The number of nitrogens with zero attached hydrogens (tertiary/aromatic N) is 3. The summed E-state index contributed by atoms with van der Waals surface area (Å²) in [5.41, 5.74) is 1.07. The van der Waals surface area contributed by atoms with E-state index < -0.39 is 0 Å². The molecule has 21 heavy (non-hydrogen) atoms. The normalized spacial score (nSPS) is 19.1. The van der Waals surface area contributed by atoms with Crippen LogP contribution in [0, 0.1) is 6.92 Å². The van der Waals surface area contributed by atoms with Crippen molar-refractivity contribution in [3.63, 3.8) is 0 Å². The molecular formula is C14H18N4O3. The highest BCUT2D eigenvalue weighted by atomic mass is 16.5. The number of fused-ring (bicyclic) bond motifs is 1. The number of nitrogens with one attached hydrogen (secondary N) is 1. The van der Waals surface area contributed by atoms with Crippen molar-refractivity contribution in [1.82, 2.24) is 19.5 Å². The van der Waals surface area contributed by atoms with Gasteiger partial charge in [0.1, 0.15) is 5.56 Å². The SMILES string of the molecule is CC[C@H]1COCCN1C(=O)c1cnc2cc(C)[nH]n2c1=O. The molecule has 3 heterocycles. The maximum absolute atomic E-state index is 12.6. The molecule has 1 fully saturated rings. The third-order valence-electron chi connectivity index (χ3n) is 3.81. The molecule has 0 saturated carbocycles. The second kappa shape index (κ2) is 5.33. The Morgan fingerprint density at radius 1 is 1.57 bits per heavy atom. The van der Waals surface area contributed by atoms with Gasteiger partial charge in [0.25, 0.3) is 11.5 Å². The molecule has 1 N–H and O–H groups in total. The Morgan fingerprint density at radius 3 is 3.14 bits per heavy atom. The number of aryl methyl sites for hydroxylation is 1. The van der Waals surface area contributed by atoms with E-state index in [0.29, 0.717) is 25.4 Å². The molecule has 1 atom stereocenters. The van der Waals surface area contributed by atoms with E-state index in [0.717, 1.165) is 12.1 Å². The number of aromatic nitrogens is 3. The van der Waals surface area contributed by atoms with Gasteiger partial charge in [-0.05, 0) is 13.3 Å². The summed E-state index contributed by atoms with van der Waals surface area (Å²) >= 11 is 0. The van der Waals surface area contributed by atoms with E-state index in [4.69, 9.17) is 4.74 Å². The molecule has 3 rings (SSSR count). The van der Waals surface area contributed by atoms with Gasteiger partial charge >= 0.3 is 0 Å². The minimum atomic E-state index is -0.362. The second-order valence-electron chi connectivity index (χ2n) is 5.25. The van der Waals surface area contributed by atoms with E-state index in [-0.39, 0.29) is 23.1 Å². The number of amides is 1. The van der Waals surface area contributed by atoms with Crippen LogP contribution < -0.4 is 5.56 Å². The third kappa shape index (κ3) is 2.33. The van der Waals surface area contributed by atoms with E-state index in [1.54, 1.807) is 11.0 Å². The molecule has 0 unspecified atom stereocenters. The van der Waals surface area contributed by atoms with Crippen LogP contribution >= 0.6 is 0 Å². The number of aromatic amines is 1. The Kier molecular flexibility index (Phi) is 3.50. The van der Waals surface area contributed by atoms with Crippen LogP contribution in [0.15, 0.2) is 17.1 Å². The zero-order chi connectivity index (χ0) is 15.0. The number of hydrogen-bond donors (Lipinski definition) is 1. The summed E-state index contributed by atoms with van der Waals surface area (Å²) in [6.07, 6.45) is 2.17. The van der Waals surface area contributed by atoms with Crippen LogP contribution in [0.2, 0.25) is 0 Å². The zero-order valence-corrected chi connectivity index (χ0v) is 12.1. The predicted molar refractivity (Wildman–Crippen MR) is 76.5 cm³/mol. The van der Waals surface area contributed by atoms with Gasteiger partial charge in [-0.3, -0.25) is 14.7 Å². The van der Waals surface area contributed by atoms with Crippen molar-refractivity contribution in [2.45, 2.75) is 26.3 Å². The molecule has 1 aliphatic heterocycles. The minimum absolute atomic E-state index is 0.0109. The van der Waals surface area contributed by atoms with Crippen molar-refractivity contribution < 1.29 is 9.53 Å². The van der Waals surface area contributed by atoms with Crippen LogP contribution in [0.4, 0.5) is 0 Å². The Bertz CT molecular complexity index is 733. The fraction of sp³-hybridized carbons (Fsp3) is 0.500. The Hall–Kier alpha value is -2.15. The molecule has 2 aromatic heterocycles. The lowest BCUT2D eigenvalue weighted by molar-refractivity contribution is -0.00293. The summed E-state index contributed by atoms with van der Waals surface area (Å²) in [5, 5.41) is 2.90. The molecule has 7 heteroatoms. The number of carbonyl (C=O) groups is 1. The minimum Gasteiger partial charge on any atom is -0.377 e. The Balaban J connectivity index is 2.01.